The van der Waals surface area contributed by atoms with Gasteiger partial charge < -0.3 is 15.6 Å². The van der Waals surface area contributed by atoms with Crippen LogP contribution in [0.2, 0.25) is 0 Å². The molecular formula is C6H13NO3. The van der Waals surface area contributed by atoms with E-state index in [1.807, 2.05) is 0 Å². The van der Waals surface area contributed by atoms with Gasteiger partial charge in [0.05, 0.1) is 6.61 Å². The van der Waals surface area contributed by atoms with E-state index in [0.717, 1.165) is 0 Å². The highest BCUT2D eigenvalue weighted by molar-refractivity contribution is 5.66. The average Bonchev–Trinajstić information content (AvgIpc) is 1.85. The van der Waals surface area contributed by atoms with E-state index in [2.05, 4.69) is 0 Å². The molecule has 0 amide bonds. The summed E-state index contributed by atoms with van der Waals surface area (Å²) in [4.78, 5) is 10.0. The second-order valence-corrected chi connectivity index (χ2v) is 2.15. The van der Waals surface area contributed by atoms with Crippen molar-refractivity contribution in [3.05, 3.63) is 0 Å². The van der Waals surface area contributed by atoms with E-state index >= 15 is 0 Å². The number of aliphatic carboxylic acids is 1. The van der Waals surface area contributed by atoms with Crippen molar-refractivity contribution < 1.29 is 14.6 Å². The Kier molecular flexibility index (Phi) is 4.88. The first-order chi connectivity index (χ1) is 4.66. The molecule has 0 aliphatic rings. The van der Waals surface area contributed by atoms with Crippen LogP contribution < -0.4 is 5.73 Å². The van der Waals surface area contributed by atoms with Crippen molar-refractivity contribution in [2.75, 3.05) is 13.7 Å². The van der Waals surface area contributed by atoms with E-state index < -0.39 is 5.97 Å². The Morgan fingerprint density at radius 2 is 2.40 bits per heavy atom. The van der Waals surface area contributed by atoms with Crippen LogP contribution in [0.1, 0.15) is 12.8 Å². The molecule has 0 heterocycles. The highest BCUT2D eigenvalue weighted by Crippen LogP contribution is 1.93. The maximum absolute atomic E-state index is 10.0. The molecule has 0 aliphatic carbocycles. The van der Waals surface area contributed by atoms with E-state index in [0.29, 0.717) is 13.0 Å². The number of nitrogens with two attached hydrogens (primary N) is 1. The molecule has 0 rings (SSSR count). The van der Waals surface area contributed by atoms with E-state index in [9.17, 15) is 4.79 Å². The fraction of sp³-hybridized carbons (Fsp3) is 0.833. The summed E-state index contributed by atoms with van der Waals surface area (Å²) in [6, 6.07) is -0.152. The van der Waals surface area contributed by atoms with E-state index in [1.165, 1.54) is 0 Å². The third kappa shape index (κ3) is 5.53. The first-order valence-corrected chi connectivity index (χ1v) is 3.13. The minimum absolute atomic E-state index is 0.116. The van der Waals surface area contributed by atoms with Crippen molar-refractivity contribution in [1.29, 1.82) is 0 Å². The summed E-state index contributed by atoms with van der Waals surface area (Å²) < 4.78 is 4.72. The van der Waals surface area contributed by atoms with Crippen molar-refractivity contribution in [2.24, 2.45) is 5.73 Å². The molecule has 3 N–H and O–H groups in total. The van der Waals surface area contributed by atoms with Gasteiger partial charge in [-0.15, -0.1) is 0 Å². The lowest BCUT2D eigenvalue weighted by Crippen LogP contribution is -2.26. The minimum Gasteiger partial charge on any atom is -0.481 e. The van der Waals surface area contributed by atoms with Crippen molar-refractivity contribution in [3.8, 4) is 0 Å². The zero-order valence-electron chi connectivity index (χ0n) is 6.04. The highest BCUT2D eigenvalue weighted by atomic mass is 16.5. The van der Waals surface area contributed by atoms with Crippen molar-refractivity contribution in [1.82, 2.24) is 0 Å². The van der Waals surface area contributed by atoms with Gasteiger partial charge in [0, 0.05) is 19.6 Å². The molecule has 0 spiro atoms. The molecule has 0 saturated carbocycles. The molecule has 0 radical (unpaired) electrons. The summed E-state index contributed by atoms with van der Waals surface area (Å²) >= 11 is 0. The first kappa shape index (κ1) is 9.39. The Morgan fingerprint density at radius 3 is 2.80 bits per heavy atom. The lowest BCUT2D eigenvalue weighted by atomic mass is 10.2. The average molecular weight is 147 g/mol. The van der Waals surface area contributed by atoms with Crippen molar-refractivity contribution in [3.63, 3.8) is 0 Å². The predicted molar refractivity (Wildman–Crippen MR) is 36.7 cm³/mol. The fourth-order valence-corrected chi connectivity index (χ4v) is 0.606. The molecule has 0 aliphatic heterocycles. The second-order valence-electron chi connectivity index (χ2n) is 2.15. The lowest BCUT2D eigenvalue weighted by molar-refractivity contribution is -0.137. The van der Waals surface area contributed by atoms with Crippen LogP contribution in [-0.4, -0.2) is 30.8 Å². The standard InChI is InChI=1S/C6H13NO3/c1-10-4-5(7)2-3-6(8)9/h5H,2-4,7H2,1H3,(H,8,9)/t5-/m0/s1. The second kappa shape index (κ2) is 5.20. The van der Waals surface area contributed by atoms with Crippen LogP contribution in [-0.2, 0) is 9.53 Å². The van der Waals surface area contributed by atoms with E-state index in [4.69, 9.17) is 15.6 Å². The van der Waals surface area contributed by atoms with Gasteiger partial charge in [0.15, 0.2) is 0 Å². The Labute approximate surface area is 60.0 Å². The van der Waals surface area contributed by atoms with Gasteiger partial charge in [0.25, 0.3) is 0 Å². The largest absolute Gasteiger partial charge is 0.481 e. The molecule has 60 valence electrons. The van der Waals surface area contributed by atoms with Gasteiger partial charge in [-0.05, 0) is 6.42 Å². The Hall–Kier alpha value is -0.610. The van der Waals surface area contributed by atoms with Gasteiger partial charge in [-0.2, -0.15) is 0 Å². The Balaban J connectivity index is 3.21. The monoisotopic (exact) mass is 147 g/mol. The van der Waals surface area contributed by atoms with Gasteiger partial charge >= 0.3 is 5.97 Å². The van der Waals surface area contributed by atoms with Crippen LogP contribution in [0, 0.1) is 0 Å². The molecule has 0 unspecified atom stereocenters. The van der Waals surface area contributed by atoms with Crippen LogP contribution in [0.4, 0.5) is 0 Å². The van der Waals surface area contributed by atoms with E-state index in [1.54, 1.807) is 7.11 Å². The molecule has 10 heavy (non-hydrogen) atoms. The SMILES string of the molecule is COC[C@@H](N)CCC(=O)O. The molecule has 4 heteroatoms. The van der Waals surface area contributed by atoms with Crippen LogP contribution in [0.3, 0.4) is 0 Å². The Morgan fingerprint density at radius 1 is 1.80 bits per heavy atom. The van der Waals surface area contributed by atoms with Crippen molar-refractivity contribution >= 4 is 5.97 Å². The topological polar surface area (TPSA) is 72.5 Å². The summed E-state index contributed by atoms with van der Waals surface area (Å²) in [5.41, 5.74) is 5.44. The number of rotatable bonds is 5. The summed E-state index contributed by atoms with van der Waals surface area (Å²) in [6.45, 7) is 0.424. The van der Waals surface area contributed by atoms with Crippen LogP contribution in [0.5, 0.6) is 0 Å². The van der Waals surface area contributed by atoms with Gasteiger partial charge in [-0.3, -0.25) is 4.79 Å². The van der Waals surface area contributed by atoms with Gasteiger partial charge in [0.1, 0.15) is 0 Å². The highest BCUT2D eigenvalue weighted by Gasteiger charge is 2.03. The van der Waals surface area contributed by atoms with E-state index in [-0.39, 0.29) is 12.5 Å². The molecule has 4 nitrogen and oxygen atoms in total. The number of carboxylic acids is 1. The number of carbonyl (C=O) groups is 1. The van der Waals surface area contributed by atoms with Gasteiger partial charge in [-0.1, -0.05) is 0 Å². The molecule has 0 bridgehead atoms. The molecule has 0 fully saturated rings. The Bertz CT molecular complexity index is 105. The van der Waals surface area contributed by atoms with Crippen LogP contribution >= 0.6 is 0 Å². The number of ether oxygens (including phenoxy) is 1. The minimum atomic E-state index is -0.813. The van der Waals surface area contributed by atoms with Crippen molar-refractivity contribution in [2.45, 2.75) is 18.9 Å². The fourth-order valence-electron chi connectivity index (χ4n) is 0.606. The smallest absolute Gasteiger partial charge is 0.303 e. The van der Waals surface area contributed by atoms with Crippen LogP contribution in [0.25, 0.3) is 0 Å². The van der Waals surface area contributed by atoms with Gasteiger partial charge in [-0.25, -0.2) is 0 Å². The van der Waals surface area contributed by atoms with Gasteiger partial charge in [0.2, 0.25) is 0 Å². The molecule has 0 aromatic carbocycles. The number of carboxylic acid groups (broad SMARTS) is 1. The summed E-state index contributed by atoms with van der Waals surface area (Å²) in [7, 11) is 1.54. The quantitative estimate of drug-likeness (QED) is 0.566. The zero-order chi connectivity index (χ0) is 7.98. The number of hydrogen-bond donors (Lipinski definition) is 2. The maximum atomic E-state index is 10.0. The summed E-state index contributed by atoms with van der Waals surface area (Å²) in [6.07, 6.45) is 0.591. The maximum Gasteiger partial charge on any atom is 0.303 e. The molecule has 0 saturated heterocycles. The molecule has 1 atom stereocenters. The number of methoxy groups -OCH3 is 1. The molecule has 0 aromatic rings. The third-order valence-corrected chi connectivity index (χ3v) is 1.11. The first-order valence-electron chi connectivity index (χ1n) is 3.13. The van der Waals surface area contributed by atoms with Crippen LogP contribution in [0.15, 0.2) is 0 Å². The summed E-state index contributed by atoms with van der Waals surface area (Å²) in [5.74, 6) is -0.813. The summed E-state index contributed by atoms with van der Waals surface area (Å²) in [5, 5.41) is 8.23. The number of hydrogen-bond acceptors (Lipinski definition) is 3. The predicted octanol–water partition coefficient (Wildman–Crippen LogP) is -0.175. The normalized spacial score (nSPS) is 13.0. The zero-order valence-corrected chi connectivity index (χ0v) is 6.04. The lowest BCUT2D eigenvalue weighted by Gasteiger charge is -2.06. The molecule has 0 aromatic heterocycles. The third-order valence-electron chi connectivity index (χ3n) is 1.11. The molecular weight excluding hydrogens is 134 g/mol.